The van der Waals surface area contributed by atoms with Crippen molar-refractivity contribution in [2.45, 2.75) is 79.1 Å². The third-order valence-electron chi connectivity index (χ3n) is 4.33. The molecule has 0 radical (unpaired) electrons. The average molecular weight is 333 g/mol. The van der Waals surface area contributed by atoms with Crippen LogP contribution in [-0.2, 0) is 14.3 Å². The van der Waals surface area contributed by atoms with E-state index in [1.807, 2.05) is 18.7 Å². The SMILES string of the molecule is CCCC(C)OCCOC(=O)C(C)CSC(C)(C)C(C)(C)C. The molecule has 0 aliphatic rings. The fraction of sp³-hybridized carbons (Fsp3) is 0.944. The van der Waals surface area contributed by atoms with Crippen LogP contribution in [0.1, 0.15) is 68.2 Å². The number of hydrogen-bond donors (Lipinski definition) is 0. The highest BCUT2D eigenvalue weighted by atomic mass is 32.2. The van der Waals surface area contributed by atoms with Crippen molar-refractivity contribution < 1.29 is 14.3 Å². The van der Waals surface area contributed by atoms with Crippen LogP contribution in [0.25, 0.3) is 0 Å². The van der Waals surface area contributed by atoms with Gasteiger partial charge >= 0.3 is 5.97 Å². The Morgan fingerprint density at radius 1 is 1.09 bits per heavy atom. The summed E-state index contributed by atoms with van der Waals surface area (Å²) in [5.74, 6) is 0.583. The van der Waals surface area contributed by atoms with Crippen molar-refractivity contribution in [1.82, 2.24) is 0 Å². The van der Waals surface area contributed by atoms with Crippen LogP contribution in [0.3, 0.4) is 0 Å². The van der Waals surface area contributed by atoms with Gasteiger partial charge in [-0.2, -0.15) is 11.8 Å². The van der Waals surface area contributed by atoms with E-state index in [1.54, 1.807) is 0 Å². The molecule has 0 saturated heterocycles. The highest BCUT2D eigenvalue weighted by Crippen LogP contribution is 2.41. The molecule has 3 nitrogen and oxygen atoms in total. The van der Waals surface area contributed by atoms with Crippen LogP contribution in [-0.4, -0.2) is 35.8 Å². The van der Waals surface area contributed by atoms with Crippen LogP contribution in [0.4, 0.5) is 0 Å². The minimum Gasteiger partial charge on any atom is -0.463 e. The van der Waals surface area contributed by atoms with E-state index in [0.29, 0.717) is 13.2 Å². The first-order valence-electron chi connectivity index (χ1n) is 8.43. The summed E-state index contributed by atoms with van der Waals surface area (Å²) in [6.45, 7) is 18.1. The Labute approximate surface area is 141 Å². The van der Waals surface area contributed by atoms with Crippen molar-refractivity contribution >= 4 is 17.7 Å². The first-order valence-corrected chi connectivity index (χ1v) is 9.42. The molecule has 0 aromatic rings. The molecular weight excluding hydrogens is 296 g/mol. The molecule has 0 aliphatic heterocycles. The van der Waals surface area contributed by atoms with Crippen LogP contribution >= 0.6 is 11.8 Å². The van der Waals surface area contributed by atoms with E-state index in [4.69, 9.17) is 9.47 Å². The largest absolute Gasteiger partial charge is 0.463 e. The van der Waals surface area contributed by atoms with Gasteiger partial charge in [-0.3, -0.25) is 4.79 Å². The summed E-state index contributed by atoms with van der Waals surface area (Å²) >= 11 is 1.84. The fourth-order valence-corrected chi connectivity index (χ4v) is 2.88. The summed E-state index contributed by atoms with van der Waals surface area (Å²) in [6, 6.07) is 0. The first kappa shape index (κ1) is 21.8. The van der Waals surface area contributed by atoms with Crippen LogP contribution in [0.15, 0.2) is 0 Å². The van der Waals surface area contributed by atoms with Crippen molar-refractivity contribution in [3.8, 4) is 0 Å². The van der Waals surface area contributed by atoms with Gasteiger partial charge in [-0.1, -0.05) is 54.9 Å². The van der Waals surface area contributed by atoms with E-state index >= 15 is 0 Å². The molecule has 0 aromatic heterocycles. The number of carbonyl (C=O) groups is 1. The van der Waals surface area contributed by atoms with Gasteiger partial charge in [-0.25, -0.2) is 0 Å². The quantitative estimate of drug-likeness (QED) is 0.420. The van der Waals surface area contributed by atoms with Gasteiger partial charge in [-0.05, 0) is 18.8 Å². The molecular formula is C18H36O3S. The summed E-state index contributed by atoms with van der Waals surface area (Å²) in [5.41, 5.74) is 0.199. The Kier molecular flexibility index (Phi) is 9.72. The van der Waals surface area contributed by atoms with E-state index < -0.39 is 0 Å². The fourth-order valence-electron chi connectivity index (χ4n) is 1.64. The van der Waals surface area contributed by atoms with Crippen LogP contribution in [0.5, 0.6) is 0 Å². The van der Waals surface area contributed by atoms with Crippen LogP contribution in [0, 0.1) is 11.3 Å². The monoisotopic (exact) mass is 332 g/mol. The van der Waals surface area contributed by atoms with E-state index in [0.717, 1.165) is 18.6 Å². The van der Waals surface area contributed by atoms with Gasteiger partial charge in [0, 0.05) is 10.5 Å². The Morgan fingerprint density at radius 3 is 2.18 bits per heavy atom. The van der Waals surface area contributed by atoms with Crippen molar-refractivity contribution in [3.05, 3.63) is 0 Å². The highest BCUT2D eigenvalue weighted by Gasteiger charge is 2.34. The smallest absolute Gasteiger partial charge is 0.309 e. The third-order valence-corrected chi connectivity index (χ3v) is 6.33. The van der Waals surface area contributed by atoms with Crippen LogP contribution < -0.4 is 0 Å². The molecule has 2 atom stereocenters. The van der Waals surface area contributed by atoms with Gasteiger partial charge in [0.25, 0.3) is 0 Å². The number of thioether (sulfide) groups is 1. The molecule has 132 valence electrons. The second kappa shape index (κ2) is 9.82. The molecule has 22 heavy (non-hydrogen) atoms. The maximum Gasteiger partial charge on any atom is 0.309 e. The van der Waals surface area contributed by atoms with Gasteiger partial charge in [0.2, 0.25) is 0 Å². The van der Waals surface area contributed by atoms with Crippen molar-refractivity contribution in [3.63, 3.8) is 0 Å². The Hall–Kier alpha value is -0.220. The van der Waals surface area contributed by atoms with Crippen molar-refractivity contribution in [1.29, 1.82) is 0 Å². The van der Waals surface area contributed by atoms with E-state index in [9.17, 15) is 4.79 Å². The molecule has 0 aromatic carbocycles. The van der Waals surface area contributed by atoms with E-state index in [2.05, 4.69) is 48.5 Å². The molecule has 4 heteroatoms. The second-order valence-electron chi connectivity index (χ2n) is 7.61. The third kappa shape index (κ3) is 8.42. The van der Waals surface area contributed by atoms with Crippen LogP contribution in [0.2, 0.25) is 0 Å². The van der Waals surface area contributed by atoms with Crippen molar-refractivity contribution in [2.75, 3.05) is 19.0 Å². The molecule has 0 aliphatic carbocycles. The first-order chi connectivity index (χ1) is 10.0. The number of ether oxygens (including phenoxy) is 2. The topological polar surface area (TPSA) is 35.5 Å². The number of rotatable bonds is 10. The van der Waals surface area contributed by atoms with Gasteiger partial charge in [0.1, 0.15) is 6.61 Å². The molecule has 0 amide bonds. The highest BCUT2D eigenvalue weighted by molar-refractivity contribution is 8.00. The maximum atomic E-state index is 12.0. The minimum atomic E-state index is -0.121. The maximum absolute atomic E-state index is 12.0. The van der Waals surface area contributed by atoms with E-state index in [-0.39, 0.29) is 28.2 Å². The molecule has 0 bridgehead atoms. The predicted octanol–water partition coefficient (Wildman–Crippen LogP) is 4.93. The normalized spacial score (nSPS) is 15.5. The predicted molar refractivity (Wildman–Crippen MR) is 96.4 cm³/mol. The Balaban J connectivity index is 3.98. The summed E-state index contributed by atoms with van der Waals surface area (Å²) in [7, 11) is 0. The molecule has 0 fully saturated rings. The molecule has 2 unspecified atom stereocenters. The summed E-state index contributed by atoms with van der Waals surface area (Å²) < 4.78 is 11.0. The summed E-state index contributed by atoms with van der Waals surface area (Å²) in [6.07, 6.45) is 2.39. The average Bonchev–Trinajstić information content (AvgIpc) is 2.39. The van der Waals surface area contributed by atoms with Crippen molar-refractivity contribution in [2.24, 2.45) is 11.3 Å². The lowest BCUT2D eigenvalue weighted by Crippen LogP contribution is -2.34. The molecule has 0 N–H and O–H groups in total. The van der Waals surface area contributed by atoms with Gasteiger partial charge in [0.05, 0.1) is 18.6 Å². The number of carbonyl (C=O) groups excluding carboxylic acids is 1. The number of esters is 1. The lowest BCUT2D eigenvalue weighted by Gasteiger charge is -2.38. The van der Waals surface area contributed by atoms with Gasteiger partial charge in [0.15, 0.2) is 0 Å². The van der Waals surface area contributed by atoms with Gasteiger partial charge < -0.3 is 9.47 Å². The molecule has 0 spiro atoms. The molecule has 0 saturated carbocycles. The summed E-state index contributed by atoms with van der Waals surface area (Å²) in [5, 5.41) is 0. The Morgan fingerprint density at radius 2 is 1.68 bits per heavy atom. The zero-order valence-electron chi connectivity index (χ0n) is 15.8. The number of hydrogen-bond acceptors (Lipinski definition) is 4. The zero-order valence-corrected chi connectivity index (χ0v) is 16.6. The van der Waals surface area contributed by atoms with Gasteiger partial charge in [-0.15, -0.1) is 0 Å². The summed E-state index contributed by atoms with van der Waals surface area (Å²) in [4.78, 5) is 12.0. The molecule has 0 rings (SSSR count). The molecule has 0 heterocycles. The Bertz CT molecular complexity index is 321. The lowest BCUT2D eigenvalue weighted by atomic mass is 9.83. The zero-order chi connectivity index (χ0) is 17.4. The van der Waals surface area contributed by atoms with E-state index in [1.165, 1.54) is 0 Å². The standard InChI is InChI=1S/C18H36O3S/c1-9-10-15(3)20-11-12-21-16(19)14(2)13-22-18(7,8)17(4,5)6/h14-15H,9-13H2,1-8H3. The minimum absolute atomic E-state index is 0.0836. The second-order valence-corrected chi connectivity index (χ2v) is 9.25. The lowest BCUT2D eigenvalue weighted by molar-refractivity contribution is -0.149.